The maximum Gasteiger partial charge on any atom is 0.332 e. The van der Waals surface area contributed by atoms with Crippen molar-refractivity contribution >= 4 is 29.2 Å². The highest BCUT2D eigenvalue weighted by Crippen LogP contribution is 2.35. The predicted molar refractivity (Wildman–Crippen MR) is 127 cm³/mol. The van der Waals surface area contributed by atoms with E-state index in [2.05, 4.69) is 5.32 Å². The summed E-state index contributed by atoms with van der Waals surface area (Å²) in [6.45, 7) is 0.180. The molecule has 5 rings (SSSR count). The molecule has 2 aliphatic heterocycles. The highest BCUT2D eigenvalue weighted by molar-refractivity contribution is 6.22. The SMILES string of the molecule is COc1ccc(N2C(=O)[C@H](CC(=O)Nc3ccc(F)cc3)N(Cc3ccc4c(c3)OCO4)C2=O)cc1. The van der Waals surface area contributed by atoms with Crippen molar-refractivity contribution in [1.82, 2.24) is 4.90 Å². The third-order valence-corrected chi connectivity index (χ3v) is 5.95. The number of nitrogens with zero attached hydrogens (tertiary/aromatic N) is 2. The maximum absolute atomic E-state index is 13.5. The summed E-state index contributed by atoms with van der Waals surface area (Å²) in [5, 5.41) is 2.65. The van der Waals surface area contributed by atoms with Crippen LogP contribution in [0.3, 0.4) is 0 Å². The summed E-state index contributed by atoms with van der Waals surface area (Å²) in [6.07, 6.45) is -0.279. The Morgan fingerprint density at radius 3 is 2.47 bits per heavy atom. The first-order chi connectivity index (χ1) is 17.4. The zero-order valence-electron chi connectivity index (χ0n) is 19.3. The second-order valence-electron chi connectivity index (χ2n) is 8.24. The molecule has 1 saturated heterocycles. The van der Waals surface area contributed by atoms with E-state index < -0.39 is 29.7 Å². The number of halogens is 1. The molecular weight excluding hydrogens is 469 g/mol. The Labute approximate surface area is 206 Å². The fraction of sp³-hybridized carbons (Fsp3) is 0.192. The zero-order chi connectivity index (χ0) is 25.2. The number of rotatable bonds is 7. The van der Waals surface area contributed by atoms with Gasteiger partial charge in [-0.15, -0.1) is 0 Å². The number of carbonyl (C=O) groups excluding carboxylic acids is 3. The van der Waals surface area contributed by atoms with Crippen molar-refractivity contribution in [2.45, 2.75) is 19.0 Å². The van der Waals surface area contributed by atoms with Gasteiger partial charge in [0.2, 0.25) is 12.7 Å². The molecule has 2 heterocycles. The third-order valence-electron chi connectivity index (χ3n) is 5.95. The summed E-state index contributed by atoms with van der Waals surface area (Å²) in [6, 6.07) is 15.4. The number of urea groups is 1. The van der Waals surface area contributed by atoms with Crippen molar-refractivity contribution in [2.75, 3.05) is 24.1 Å². The molecule has 1 fully saturated rings. The molecule has 1 N–H and O–H groups in total. The van der Waals surface area contributed by atoms with Gasteiger partial charge in [0.25, 0.3) is 5.91 Å². The molecule has 0 radical (unpaired) electrons. The Morgan fingerprint density at radius 2 is 1.75 bits per heavy atom. The lowest BCUT2D eigenvalue weighted by Gasteiger charge is -2.22. The molecule has 0 spiro atoms. The van der Waals surface area contributed by atoms with Gasteiger partial charge in [-0.2, -0.15) is 0 Å². The van der Waals surface area contributed by atoms with Crippen LogP contribution in [0.1, 0.15) is 12.0 Å². The van der Waals surface area contributed by atoms with Crippen molar-refractivity contribution in [2.24, 2.45) is 0 Å². The van der Waals surface area contributed by atoms with E-state index in [1.807, 2.05) is 0 Å². The number of carbonyl (C=O) groups is 3. The summed E-state index contributed by atoms with van der Waals surface area (Å²) < 4.78 is 29.1. The summed E-state index contributed by atoms with van der Waals surface area (Å²) >= 11 is 0. The molecule has 1 atom stereocenters. The number of imide groups is 1. The summed E-state index contributed by atoms with van der Waals surface area (Å²) in [5.74, 6) is 0.265. The van der Waals surface area contributed by atoms with Gasteiger partial charge in [-0.3, -0.25) is 9.59 Å². The average Bonchev–Trinajstić information content (AvgIpc) is 3.43. The molecule has 0 aliphatic carbocycles. The van der Waals surface area contributed by atoms with Gasteiger partial charge in [0.15, 0.2) is 11.5 Å². The molecule has 2 aliphatic rings. The van der Waals surface area contributed by atoms with Gasteiger partial charge in [0.1, 0.15) is 17.6 Å². The van der Waals surface area contributed by atoms with E-state index in [0.717, 1.165) is 4.90 Å². The van der Waals surface area contributed by atoms with E-state index >= 15 is 0 Å². The smallest absolute Gasteiger partial charge is 0.332 e. The van der Waals surface area contributed by atoms with Gasteiger partial charge in [0.05, 0.1) is 19.2 Å². The predicted octanol–water partition coefficient (Wildman–Crippen LogP) is 3.93. The minimum atomic E-state index is -1.05. The Kier molecular flexibility index (Phi) is 6.16. The molecule has 3 aromatic carbocycles. The van der Waals surface area contributed by atoms with E-state index in [-0.39, 0.29) is 19.8 Å². The molecule has 9 nitrogen and oxygen atoms in total. The van der Waals surface area contributed by atoms with Crippen molar-refractivity contribution < 1.29 is 33.0 Å². The number of amides is 4. The largest absolute Gasteiger partial charge is 0.497 e. The molecule has 0 aromatic heterocycles. The number of benzene rings is 3. The van der Waals surface area contributed by atoms with Crippen LogP contribution in [0.4, 0.5) is 20.6 Å². The van der Waals surface area contributed by atoms with E-state index in [1.54, 1.807) is 42.5 Å². The Balaban J connectivity index is 1.41. The first kappa shape index (κ1) is 23.2. The summed E-state index contributed by atoms with van der Waals surface area (Å²) in [4.78, 5) is 42.1. The van der Waals surface area contributed by atoms with E-state index in [4.69, 9.17) is 14.2 Å². The van der Waals surface area contributed by atoms with Crippen LogP contribution in [-0.2, 0) is 16.1 Å². The summed E-state index contributed by atoms with van der Waals surface area (Å²) in [5.41, 5.74) is 1.45. The zero-order valence-corrected chi connectivity index (χ0v) is 19.3. The van der Waals surface area contributed by atoms with Crippen molar-refractivity contribution in [3.05, 3.63) is 78.1 Å². The van der Waals surface area contributed by atoms with Gasteiger partial charge in [0, 0.05) is 12.2 Å². The van der Waals surface area contributed by atoms with Crippen LogP contribution in [0, 0.1) is 5.82 Å². The van der Waals surface area contributed by atoms with Crippen LogP contribution in [-0.4, -0.2) is 42.7 Å². The van der Waals surface area contributed by atoms with Crippen LogP contribution in [0.25, 0.3) is 0 Å². The highest BCUT2D eigenvalue weighted by Gasteiger charge is 2.46. The molecule has 36 heavy (non-hydrogen) atoms. The minimum absolute atomic E-state index is 0.0718. The Bertz CT molecular complexity index is 1310. The fourth-order valence-corrected chi connectivity index (χ4v) is 4.14. The molecule has 3 aromatic rings. The average molecular weight is 491 g/mol. The van der Waals surface area contributed by atoms with Crippen LogP contribution >= 0.6 is 0 Å². The summed E-state index contributed by atoms with van der Waals surface area (Å²) in [7, 11) is 1.52. The lowest BCUT2D eigenvalue weighted by Crippen LogP contribution is -2.37. The lowest BCUT2D eigenvalue weighted by molar-refractivity contribution is -0.124. The number of hydrogen-bond donors (Lipinski definition) is 1. The van der Waals surface area contributed by atoms with Gasteiger partial charge in [-0.25, -0.2) is 14.1 Å². The second-order valence-corrected chi connectivity index (χ2v) is 8.24. The van der Waals surface area contributed by atoms with Crippen LogP contribution < -0.4 is 24.4 Å². The minimum Gasteiger partial charge on any atom is -0.497 e. The van der Waals surface area contributed by atoms with Gasteiger partial charge in [-0.1, -0.05) is 6.07 Å². The number of hydrogen-bond acceptors (Lipinski definition) is 6. The van der Waals surface area contributed by atoms with E-state index in [9.17, 15) is 18.8 Å². The molecule has 0 bridgehead atoms. The molecule has 0 unspecified atom stereocenters. The fourth-order valence-electron chi connectivity index (χ4n) is 4.14. The third kappa shape index (κ3) is 4.52. The first-order valence-electron chi connectivity index (χ1n) is 11.2. The van der Waals surface area contributed by atoms with Gasteiger partial charge >= 0.3 is 6.03 Å². The number of nitrogens with one attached hydrogen (secondary N) is 1. The van der Waals surface area contributed by atoms with Crippen LogP contribution in [0.5, 0.6) is 17.2 Å². The van der Waals surface area contributed by atoms with Crippen molar-refractivity contribution in [3.8, 4) is 17.2 Å². The quantitative estimate of drug-likeness (QED) is 0.503. The van der Waals surface area contributed by atoms with E-state index in [0.29, 0.717) is 34.2 Å². The number of ether oxygens (including phenoxy) is 3. The standard InChI is InChI=1S/C26H22FN3O6/c1-34-20-9-7-19(8-10-20)30-25(32)21(13-24(31)28-18-5-3-17(27)4-6-18)29(26(30)33)14-16-2-11-22-23(12-16)36-15-35-22/h2-12,21H,13-15H2,1H3,(H,28,31)/t21-/m0/s1. The topological polar surface area (TPSA) is 97.4 Å². The molecule has 10 heteroatoms. The van der Waals surface area contributed by atoms with Gasteiger partial charge < -0.3 is 24.4 Å². The van der Waals surface area contributed by atoms with Crippen LogP contribution in [0.2, 0.25) is 0 Å². The number of methoxy groups -OCH3 is 1. The highest BCUT2D eigenvalue weighted by atomic mass is 19.1. The van der Waals surface area contributed by atoms with Crippen molar-refractivity contribution in [3.63, 3.8) is 0 Å². The van der Waals surface area contributed by atoms with Gasteiger partial charge in [-0.05, 0) is 66.2 Å². The van der Waals surface area contributed by atoms with Crippen LogP contribution in [0.15, 0.2) is 66.7 Å². The Hall–Kier alpha value is -4.60. The van der Waals surface area contributed by atoms with Crippen molar-refractivity contribution in [1.29, 1.82) is 0 Å². The maximum atomic E-state index is 13.5. The second kappa shape index (κ2) is 9.57. The monoisotopic (exact) mass is 491 g/mol. The molecule has 0 saturated carbocycles. The number of anilines is 2. The van der Waals surface area contributed by atoms with E-state index in [1.165, 1.54) is 36.3 Å². The molecule has 4 amide bonds. The first-order valence-corrected chi connectivity index (χ1v) is 11.2. The normalized spacial score (nSPS) is 16.4. The molecular formula is C26H22FN3O6. The Morgan fingerprint density at radius 1 is 1.03 bits per heavy atom. The molecule has 184 valence electrons. The number of fused-ring (bicyclic) bond motifs is 1. The lowest BCUT2D eigenvalue weighted by atomic mass is 10.1.